The molecule has 0 bridgehead atoms. The van der Waals surface area contributed by atoms with E-state index in [1.165, 1.54) is 0 Å². The van der Waals surface area contributed by atoms with Gasteiger partial charge in [0, 0.05) is 35.0 Å². The van der Waals surface area contributed by atoms with Crippen LogP contribution in [0.4, 0.5) is 5.69 Å². The summed E-state index contributed by atoms with van der Waals surface area (Å²) in [6.07, 6.45) is 3.00. The maximum absolute atomic E-state index is 12.8. The van der Waals surface area contributed by atoms with Gasteiger partial charge < -0.3 is 5.32 Å². The van der Waals surface area contributed by atoms with Crippen molar-refractivity contribution in [3.05, 3.63) is 77.5 Å². The minimum atomic E-state index is -0.0629. The van der Waals surface area contributed by atoms with Gasteiger partial charge in [-0.05, 0) is 24.0 Å². The first kappa shape index (κ1) is 16.2. The van der Waals surface area contributed by atoms with Crippen molar-refractivity contribution in [2.24, 2.45) is 5.41 Å². The van der Waals surface area contributed by atoms with E-state index in [2.05, 4.69) is 19.2 Å². The van der Waals surface area contributed by atoms with E-state index in [4.69, 9.17) is 0 Å². The number of carbonyl (C=O) groups excluding carboxylic acids is 2. The van der Waals surface area contributed by atoms with E-state index >= 15 is 0 Å². The SMILES string of the molecule is CC1(C)CC(=O)C=C(Nc2ccccc2C(=O)c2ccccc2)C1. The van der Waals surface area contributed by atoms with Crippen molar-refractivity contribution >= 4 is 17.3 Å². The molecule has 0 saturated carbocycles. The fourth-order valence-corrected chi connectivity index (χ4v) is 3.13. The second kappa shape index (κ2) is 6.44. The van der Waals surface area contributed by atoms with E-state index in [1.54, 1.807) is 6.08 Å². The van der Waals surface area contributed by atoms with Gasteiger partial charge in [0.25, 0.3) is 0 Å². The second-order valence-electron chi connectivity index (χ2n) is 7.02. The molecule has 2 aromatic carbocycles. The monoisotopic (exact) mass is 319 g/mol. The average Bonchev–Trinajstić information content (AvgIpc) is 2.53. The van der Waals surface area contributed by atoms with Crippen molar-refractivity contribution in [2.75, 3.05) is 5.32 Å². The zero-order valence-electron chi connectivity index (χ0n) is 14.0. The lowest BCUT2D eigenvalue weighted by Crippen LogP contribution is -2.24. The van der Waals surface area contributed by atoms with E-state index < -0.39 is 0 Å². The van der Waals surface area contributed by atoms with Crippen LogP contribution in [0.1, 0.15) is 42.6 Å². The van der Waals surface area contributed by atoms with Gasteiger partial charge in [-0.25, -0.2) is 0 Å². The fraction of sp³-hybridized carbons (Fsp3) is 0.238. The lowest BCUT2D eigenvalue weighted by Gasteiger charge is -2.29. The molecular formula is C21H21NO2. The van der Waals surface area contributed by atoms with Crippen LogP contribution in [0.15, 0.2) is 66.4 Å². The number of benzene rings is 2. The standard InChI is InChI=1S/C21H21NO2/c1-21(2)13-16(12-17(23)14-21)22-19-11-7-6-10-18(19)20(24)15-8-4-3-5-9-15/h3-12,22H,13-14H2,1-2H3. The van der Waals surface area contributed by atoms with E-state index in [-0.39, 0.29) is 17.0 Å². The van der Waals surface area contributed by atoms with Gasteiger partial charge in [0.2, 0.25) is 0 Å². The number of hydrogen-bond acceptors (Lipinski definition) is 3. The molecule has 0 saturated heterocycles. The second-order valence-corrected chi connectivity index (χ2v) is 7.02. The van der Waals surface area contributed by atoms with E-state index in [0.29, 0.717) is 17.5 Å². The summed E-state index contributed by atoms with van der Waals surface area (Å²) in [7, 11) is 0. The number of nitrogens with one attached hydrogen (secondary N) is 1. The van der Waals surface area contributed by atoms with Gasteiger partial charge in [-0.1, -0.05) is 56.3 Å². The summed E-state index contributed by atoms with van der Waals surface area (Å²) in [5, 5.41) is 3.31. The maximum atomic E-state index is 12.8. The molecule has 122 valence electrons. The number of ketones is 2. The molecule has 0 aliphatic heterocycles. The third-order valence-corrected chi connectivity index (χ3v) is 4.16. The van der Waals surface area contributed by atoms with Crippen molar-refractivity contribution in [2.45, 2.75) is 26.7 Å². The molecule has 0 radical (unpaired) electrons. The van der Waals surface area contributed by atoms with Gasteiger partial charge in [-0.15, -0.1) is 0 Å². The Bertz CT molecular complexity index is 804. The highest BCUT2D eigenvalue weighted by molar-refractivity contribution is 6.12. The molecule has 0 amide bonds. The summed E-state index contributed by atoms with van der Waals surface area (Å²) in [5.74, 6) is 0.0984. The highest BCUT2D eigenvalue weighted by atomic mass is 16.1. The predicted molar refractivity (Wildman–Crippen MR) is 96.0 cm³/mol. The van der Waals surface area contributed by atoms with Crippen LogP contribution in [0.5, 0.6) is 0 Å². The summed E-state index contributed by atoms with van der Waals surface area (Å²) in [4.78, 5) is 24.7. The first-order valence-electron chi connectivity index (χ1n) is 8.14. The van der Waals surface area contributed by atoms with E-state index in [9.17, 15) is 9.59 Å². The molecule has 3 nitrogen and oxygen atoms in total. The molecule has 2 aromatic rings. The number of carbonyl (C=O) groups is 2. The van der Waals surface area contributed by atoms with Gasteiger partial charge in [0.05, 0.1) is 0 Å². The fourth-order valence-electron chi connectivity index (χ4n) is 3.13. The number of rotatable bonds is 4. The Morgan fingerprint density at radius 3 is 2.33 bits per heavy atom. The van der Waals surface area contributed by atoms with Crippen molar-refractivity contribution in [3.63, 3.8) is 0 Å². The highest BCUT2D eigenvalue weighted by Gasteiger charge is 2.28. The van der Waals surface area contributed by atoms with Crippen LogP contribution >= 0.6 is 0 Å². The van der Waals surface area contributed by atoms with Gasteiger partial charge in [-0.2, -0.15) is 0 Å². The summed E-state index contributed by atoms with van der Waals surface area (Å²) < 4.78 is 0. The molecule has 24 heavy (non-hydrogen) atoms. The molecule has 1 N–H and O–H groups in total. The third kappa shape index (κ3) is 3.62. The molecule has 3 heteroatoms. The minimum absolute atomic E-state index is 0.0271. The molecule has 0 spiro atoms. The number of allylic oxidation sites excluding steroid dienone is 2. The Labute approximate surface area is 142 Å². The zero-order chi connectivity index (χ0) is 17.2. The highest BCUT2D eigenvalue weighted by Crippen LogP contribution is 2.34. The summed E-state index contributed by atoms with van der Waals surface area (Å²) in [5.41, 5.74) is 2.81. The van der Waals surface area contributed by atoms with Crippen molar-refractivity contribution in [1.82, 2.24) is 0 Å². The van der Waals surface area contributed by atoms with Gasteiger partial charge in [-0.3, -0.25) is 9.59 Å². The Morgan fingerprint density at radius 1 is 0.958 bits per heavy atom. The third-order valence-electron chi connectivity index (χ3n) is 4.16. The quantitative estimate of drug-likeness (QED) is 0.838. The zero-order valence-corrected chi connectivity index (χ0v) is 14.0. The Hall–Kier alpha value is -2.68. The van der Waals surface area contributed by atoms with Gasteiger partial charge >= 0.3 is 0 Å². The molecule has 1 aliphatic rings. The molecule has 0 atom stereocenters. The van der Waals surface area contributed by atoms with Crippen molar-refractivity contribution in [1.29, 1.82) is 0 Å². The molecule has 0 aromatic heterocycles. The lowest BCUT2D eigenvalue weighted by atomic mass is 9.79. The Balaban J connectivity index is 1.90. The molecule has 1 aliphatic carbocycles. The normalized spacial score (nSPS) is 16.4. The Kier molecular flexibility index (Phi) is 4.34. The van der Waals surface area contributed by atoms with Crippen LogP contribution in [0.3, 0.4) is 0 Å². The van der Waals surface area contributed by atoms with Crippen LogP contribution in [-0.2, 0) is 4.79 Å². The first-order chi connectivity index (χ1) is 11.4. The number of anilines is 1. The average molecular weight is 319 g/mol. The smallest absolute Gasteiger partial charge is 0.195 e. The summed E-state index contributed by atoms with van der Waals surface area (Å²) >= 11 is 0. The number of hydrogen-bond donors (Lipinski definition) is 1. The predicted octanol–water partition coefficient (Wildman–Crippen LogP) is 4.60. The Morgan fingerprint density at radius 2 is 1.62 bits per heavy atom. The summed E-state index contributed by atoms with van der Waals surface area (Å²) in [6.45, 7) is 4.17. The van der Waals surface area contributed by atoms with Crippen molar-refractivity contribution in [3.8, 4) is 0 Å². The van der Waals surface area contributed by atoms with Crippen LogP contribution in [0.25, 0.3) is 0 Å². The molecular weight excluding hydrogens is 298 g/mol. The minimum Gasteiger partial charge on any atom is -0.358 e. The summed E-state index contributed by atoms with van der Waals surface area (Å²) in [6, 6.07) is 16.7. The van der Waals surface area contributed by atoms with Crippen LogP contribution in [0.2, 0.25) is 0 Å². The van der Waals surface area contributed by atoms with Crippen molar-refractivity contribution < 1.29 is 9.59 Å². The molecule has 0 heterocycles. The first-order valence-corrected chi connectivity index (χ1v) is 8.14. The van der Waals surface area contributed by atoms with Crippen LogP contribution in [-0.4, -0.2) is 11.6 Å². The topological polar surface area (TPSA) is 46.2 Å². The lowest BCUT2D eigenvalue weighted by molar-refractivity contribution is -0.117. The number of para-hydroxylation sites is 1. The molecule has 3 rings (SSSR count). The van der Waals surface area contributed by atoms with Gasteiger partial charge in [0.15, 0.2) is 11.6 Å². The van der Waals surface area contributed by atoms with Crippen LogP contribution in [0, 0.1) is 5.41 Å². The van der Waals surface area contributed by atoms with E-state index in [0.717, 1.165) is 17.8 Å². The maximum Gasteiger partial charge on any atom is 0.195 e. The van der Waals surface area contributed by atoms with E-state index in [1.807, 2.05) is 54.6 Å². The molecule has 0 fully saturated rings. The van der Waals surface area contributed by atoms with Crippen LogP contribution < -0.4 is 5.32 Å². The largest absolute Gasteiger partial charge is 0.358 e. The molecule has 0 unspecified atom stereocenters. The van der Waals surface area contributed by atoms with Gasteiger partial charge in [0.1, 0.15) is 0 Å².